The van der Waals surface area contributed by atoms with E-state index in [0.29, 0.717) is 50.6 Å². The molecule has 1 aliphatic rings. The van der Waals surface area contributed by atoms with Gasteiger partial charge in [0.15, 0.2) is 11.5 Å². The summed E-state index contributed by atoms with van der Waals surface area (Å²) in [5.74, 6) is 0.874. The second-order valence-electron chi connectivity index (χ2n) is 6.03. The fourth-order valence-corrected chi connectivity index (χ4v) is 4.99. The third-order valence-corrected chi connectivity index (χ3v) is 6.89. The van der Waals surface area contributed by atoms with Crippen LogP contribution in [0.2, 0.25) is 0 Å². The maximum Gasteiger partial charge on any atom is 0.240 e. The highest BCUT2D eigenvalue weighted by Crippen LogP contribution is 2.30. The van der Waals surface area contributed by atoms with Crippen LogP contribution in [0.15, 0.2) is 23.1 Å². The predicted octanol–water partition coefficient (Wildman–Crippen LogP) is 1.19. The minimum atomic E-state index is -3.74. The molecule has 10 heteroatoms. The van der Waals surface area contributed by atoms with Gasteiger partial charge in [-0.1, -0.05) is 0 Å². The van der Waals surface area contributed by atoms with Crippen LogP contribution in [0.25, 0.3) is 0 Å². The third-order valence-electron chi connectivity index (χ3n) is 4.07. The van der Waals surface area contributed by atoms with E-state index in [-0.39, 0.29) is 10.9 Å². The van der Waals surface area contributed by atoms with Crippen molar-refractivity contribution >= 4 is 20.0 Å². The van der Waals surface area contributed by atoms with Gasteiger partial charge in [0, 0.05) is 25.2 Å². The second-order valence-corrected chi connectivity index (χ2v) is 9.73. The van der Waals surface area contributed by atoms with Gasteiger partial charge in [-0.2, -0.15) is 0 Å². The van der Waals surface area contributed by atoms with Crippen LogP contribution in [-0.2, 0) is 20.0 Å². The van der Waals surface area contributed by atoms with Crippen molar-refractivity contribution in [3.05, 3.63) is 18.2 Å². The molecule has 1 fully saturated rings. The highest BCUT2D eigenvalue weighted by Gasteiger charge is 2.28. The Balaban J connectivity index is 2.11. The molecule has 1 aromatic rings. The smallest absolute Gasteiger partial charge is 0.240 e. The van der Waals surface area contributed by atoms with Crippen molar-refractivity contribution in [1.29, 1.82) is 0 Å². The fraction of sp³-hybridized carbons (Fsp3) is 0.625. The lowest BCUT2D eigenvalue weighted by Crippen LogP contribution is -2.46. The van der Waals surface area contributed by atoms with E-state index < -0.39 is 20.0 Å². The number of piperidine rings is 1. The molecule has 0 aromatic heterocycles. The molecular formula is C16H26N2O6S2. The topological polar surface area (TPSA) is 102 Å². The lowest BCUT2D eigenvalue weighted by atomic mass is 10.1. The Morgan fingerprint density at radius 3 is 2.15 bits per heavy atom. The summed E-state index contributed by atoms with van der Waals surface area (Å²) < 4.78 is 63.4. The molecule has 0 radical (unpaired) electrons. The first-order valence-corrected chi connectivity index (χ1v) is 11.9. The van der Waals surface area contributed by atoms with Crippen LogP contribution >= 0.6 is 0 Å². The van der Waals surface area contributed by atoms with Crippen molar-refractivity contribution in [2.24, 2.45) is 0 Å². The summed E-state index contributed by atoms with van der Waals surface area (Å²) >= 11 is 0. The Bertz CT molecular complexity index is 815. The first-order valence-electron chi connectivity index (χ1n) is 8.54. The van der Waals surface area contributed by atoms with Crippen molar-refractivity contribution in [3.63, 3.8) is 0 Å². The molecule has 1 aromatic carbocycles. The van der Waals surface area contributed by atoms with E-state index in [9.17, 15) is 16.8 Å². The van der Waals surface area contributed by atoms with Gasteiger partial charge in [-0.05, 0) is 38.8 Å². The van der Waals surface area contributed by atoms with Gasteiger partial charge < -0.3 is 9.47 Å². The van der Waals surface area contributed by atoms with Gasteiger partial charge in [0.2, 0.25) is 20.0 Å². The van der Waals surface area contributed by atoms with Crippen molar-refractivity contribution in [1.82, 2.24) is 9.03 Å². The highest BCUT2D eigenvalue weighted by atomic mass is 32.2. The maximum absolute atomic E-state index is 12.7. The lowest BCUT2D eigenvalue weighted by Gasteiger charge is -2.30. The molecule has 8 nitrogen and oxygen atoms in total. The van der Waals surface area contributed by atoms with Crippen LogP contribution in [0, 0.1) is 0 Å². The molecule has 0 amide bonds. The third kappa shape index (κ3) is 5.32. The van der Waals surface area contributed by atoms with Crippen LogP contribution in [0.5, 0.6) is 11.5 Å². The summed E-state index contributed by atoms with van der Waals surface area (Å²) in [6, 6.07) is 4.19. The largest absolute Gasteiger partial charge is 0.490 e. The minimum Gasteiger partial charge on any atom is -0.490 e. The van der Waals surface area contributed by atoms with E-state index in [1.807, 2.05) is 13.8 Å². The molecule has 1 N–H and O–H groups in total. The van der Waals surface area contributed by atoms with Crippen molar-refractivity contribution < 1.29 is 26.3 Å². The summed E-state index contributed by atoms with van der Waals surface area (Å²) in [4.78, 5) is 0.0925. The van der Waals surface area contributed by atoms with Crippen LogP contribution in [0.3, 0.4) is 0 Å². The van der Waals surface area contributed by atoms with Crippen molar-refractivity contribution in [3.8, 4) is 11.5 Å². The summed E-state index contributed by atoms with van der Waals surface area (Å²) in [5, 5.41) is 0. The summed E-state index contributed by atoms with van der Waals surface area (Å²) in [6.07, 6.45) is 2.02. The highest BCUT2D eigenvalue weighted by molar-refractivity contribution is 7.89. The number of hydrogen-bond acceptors (Lipinski definition) is 6. The first kappa shape index (κ1) is 20.9. The zero-order valence-electron chi connectivity index (χ0n) is 15.3. The van der Waals surface area contributed by atoms with Gasteiger partial charge in [0.25, 0.3) is 0 Å². The number of nitrogens with zero attached hydrogens (tertiary/aromatic N) is 1. The molecule has 148 valence electrons. The predicted molar refractivity (Wildman–Crippen MR) is 98.5 cm³/mol. The van der Waals surface area contributed by atoms with Crippen LogP contribution in [0.1, 0.15) is 26.7 Å². The summed E-state index contributed by atoms with van der Waals surface area (Å²) in [7, 11) is -6.98. The molecule has 26 heavy (non-hydrogen) atoms. The summed E-state index contributed by atoms with van der Waals surface area (Å²) in [5.41, 5.74) is 0. The normalized spacial score (nSPS) is 17.2. The standard InChI is InChI=1S/C16H26N2O6S2/c1-4-23-15-7-6-14(12-16(15)24-5-2)26(21,22)17-13-8-10-18(11-9-13)25(3,19)20/h6-7,12-13,17H,4-5,8-11H2,1-3H3. The van der Waals surface area contributed by atoms with Crippen LogP contribution in [0.4, 0.5) is 0 Å². The molecule has 1 saturated heterocycles. The van der Waals surface area contributed by atoms with Gasteiger partial charge >= 0.3 is 0 Å². The minimum absolute atomic E-state index is 0.0925. The molecule has 0 atom stereocenters. The first-order chi connectivity index (χ1) is 12.2. The van der Waals surface area contributed by atoms with E-state index >= 15 is 0 Å². The Kier molecular flexibility index (Phi) is 6.89. The number of nitrogens with one attached hydrogen (secondary N) is 1. The zero-order chi connectivity index (χ0) is 19.4. The zero-order valence-corrected chi connectivity index (χ0v) is 16.9. The molecule has 1 aliphatic heterocycles. The molecule has 0 unspecified atom stereocenters. The number of rotatable bonds is 8. The average Bonchev–Trinajstić information content (AvgIpc) is 2.56. The van der Waals surface area contributed by atoms with E-state index in [1.54, 1.807) is 6.07 Å². The Labute approximate surface area is 155 Å². The Morgan fingerprint density at radius 1 is 1.04 bits per heavy atom. The van der Waals surface area contributed by atoms with Crippen molar-refractivity contribution in [2.75, 3.05) is 32.6 Å². The molecule has 0 spiro atoms. The van der Waals surface area contributed by atoms with E-state index in [1.165, 1.54) is 16.4 Å². The van der Waals surface area contributed by atoms with Gasteiger partial charge in [0.05, 0.1) is 24.4 Å². The number of sulfonamides is 2. The lowest BCUT2D eigenvalue weighted by molar-refractivity contribution is 0.287. The van der Waals surface area contributed by atoms with E-state index in [4.69, 9.17) is 9.47 Å². The fourth-order valence-electron chi connectivity index (χ4n) is 2.79. The van der Waals surface area contributed by atoms with Gasteiger partial charge in [-0.25, -0.2) is 25.9 Å². The Hall–Kier alpha value is -1.36. The van der Waals surface area contributed by atoms with Crippen LogP contribution < -0.4 is 14.2 Å². The van der Waals surface area contributed by atoms with Gasteiger partial charge in [0.1, 0.15) is 0 Å². The maximum atomic E-state index is 12.7. The van der Waals surface area contributed by atoms with Gasteiger partial charge in [-0.15, -0.1) is 0 Å². The van der Waals surface area contributed by atoms with E-state index in [2.05, 4.69) is 4.72 Å². The Morgan fingerprint density at radius 2 is 1.62 bits per heavy atom. The van der Waals surface area contributed by atoms with Crippen LogP contribution in [-0.4, -0.2) is 59.7 Å². The van der Waals surface area contributed by atoms with E-state index in [0.717, 1.165) is 6.26 Å². The molecule has 0 saturated carbocycles. The number of ether oxygens (including phenoxy) is 2. The quantitative estimate of drug-likeness (QED) is 0.696. The molecule has 2 rings (SSSR count). The monoisotopic (exact) mass is 406 g/mol. The van der Waals surface area contributed by atoms with Crippen molar-refractivity contribution in [2.45, 2.75) is 37.6 Å². The van der Waals surface area contributed by atoms with Gasteiger partial charge in [-0.3, -0.25) is 0 Å². The average molecular weight is 407 g/mol. The second kappa shape index (κ2) is 8.55. The number of benzene rings is 1. The summed E-state index contributed by atoms with van der Waals surface area (Å²) in [6.45, 7) is 5.10. The number of hydrogen-bond donors (Lipinski definition) is 1. The molecule has 0 aliphatic carbocycles. The molecular weight excluding hydrogens is 380 g/mol. The SMILES string of the molecule is CCOc1ccc(S(=O)(=O)NC2CCN(S(C)(=O)=O)CC2)cc1OCC. The molecule has 0 bridgehead atoms. The molecule has 1 heterocycles.